The first-order valence-electron chi connectivity index (χ1n) is 7.32. The predicted octanol–water partition coefficient (Wildman–Crippen LogP) is 2.79. The Morgan fingerprint density at radius 3 is 2.55 bits per heavy atom. The average Bonchev–Trinajstić information content (AvgIpc) is 3.01. The van der Waals surface area contributed by atoms with Gasteiger partial charge in [-0.2, -0.15) is 0 Å². The van der Waals surface area contributed by atoms with E-state index in [1.54, 1.807) is 0 Å². The van der Waals surface area contributed by atoms with Crippen molar-refractivity contribution in [1.29, 1.82) is 0 Å². The van der Waals surface area contributed by atoms with E-state index in [1.165, 1.54) is 25.7 Å². The molecule has 4 heteroatoms. The van der Waals surface area contributed by atoms with Crippen molar-refractivity contribution < 1.29 is 4.79 Å². The van der Waals surface area contributed by atoms with E-state index in [0.717, 1.165) is 35.5 Å². The second-order valence-electron chi connectivity index (χ2n) is 6.16. The van der Waals surface area contributed by atoms with Gasteiger partial charge in [-0.1, -0.05) is 18.6 Å². The number of rotatable bonds is 4. The summed E-state index contributed by atoms with van der Waals surface area (Å²) in [6.07, 6.45) is 5.98. The molecule has 1 amide bonds. The molecule has 1 aromatic carbocycles. The van der Waals surface area contributed by atoms with Crippen molar-refractivity contribution in [2.45, 2.75) is 32.1 Å². The summed E-state index contributed by atoms with van der Waals surface area (Å²) in [5, 5.41) is 3.10. The van der Waals surface area contributed by atoms with Crippen LogP contribution in [0.2, 0.25) is 0 Å². The molecule has 2 aliphatic rings. The molecule has 3 N–H and O–H groups in total. The molecule has 0 aliphatic heterocycles. The van der Waals surface area contributed by atoms with Gasteiger partial charge in [-0.05, 0) is 54.7 Å². The molecule has 1 aromatic rings. The van der Waals surface area contributed by atoms with E-state index in [4.69, 9.17) is 5.73 Å². The Hall–Kier alpha value is -1.22. The summed E-state index contributed by atoms with van der Waals surface area (Å²) in [4.78, 5) is 11.9. The molecule has 0 saturated heterocycles. The van der Waals surface area contributed by atoms with Crippen LogP contribution in [0, 0.1) is 17.8 Å². The van der Waals surface area contributed by atoms with Crippen molar-refractivity contribution in [3.63, 3.8) is 0 Å². The van der Waals surface area contributed by atoms with Gasteiger partial charge in [0.05, 0.1) is 6.42 Å². The molecule has 3 atom stereocenters. The summed E-state index contributed by atoms with van der Waals surface area (Å²) < 4.78 is 0. The zero-order valence-corrected chi connectivity index (χ0v) is 12.5. The van der Waals surface area contributed by atoms with Crippen LogP contribution < -0.4 is 11.1 Å². The number of fused-ring (bicyclic) bond motifs is 2. The third kappa shape index (κ3) is 3.45. The highest BCUT2D eigenvalue weighted by Crippen LogP contribution is 2.47. The summed E-state index contributed by atoms with van der Waals surface area (Å²) in [5.41, 5.74) is 7.40. The minimum absolute atomic E-state index is 0. The highest BCUT2D eigenvalue weighted by Gasteiger charge is 2.39. The summed E-state index contributed by atoms with van der Waals surface area (Å²) in [5.74, 6) is 2.69. The Kier molecular flexibility index (Phi) is 4.92. The van der Waals surface area contributed by atoms with E-state index in [-0.39, 0.29) is 18.3 Å². The molecule has 3 rings (SSSR count). The molecule has 0 aromatic heterocycles. The maximum Gasteiger partial charge on any atom is 0.224 e. The summed E-state index contributed by atoms with van der Waals surface area (Å²) in [6.45, 7) is 0.870. The molecule has 2 fully saturated rings. The van der Waals surface area contributed by atoms with Crippen LogP contribution in [0.1, 0.15) is 31.2 Å². The van der Waals surface area contributed by atoms with Crippen LogP contribution in [0.25, 0.3) is 0 Å². The lowest BCUT2D eigenvalue weighted by Crippen LogP contribution is -2.32. The van der Waals surface area contributed by atoms with Crippen molar-refractivity contribution in [2.24, 2.45) is 17.8 Å². The number of hydrogen-bond acceptors (Lipinski definition) is 2. The fourth-order valence-electron chi connectivity index (χ4n) is 3.75. The van der Waals surface area contributed by atoms with E-state index in [2.05, 4.69) is 5.32 Å². The maximum atomic E-state index is 11.9. The van der Waals surface area contributed by atoms with Crippen LogP contribution in [0.4, 0.5) is 5.69 Å². The van der Waals surface area contributed by atoms with E-state index in [0.29, 0.717) is 6.42 Å². The number of benzene rings is 1. The third-order valence-electron chi connectivity index (χ3n) is 4.79. The topological polar surface area (TPSA) is 55.1 Å². The van der Waals surface area contributed by atoms with Gasteiger partial charge in [0.1, 0.15) is 0 Å². The second-order valence-corrected chi connectivity index (χ2v) is 6.16. The molecule has 3 nitrogen and oxygen atoms in total. The smallest absolute Gasteiger partial charge is 0.224 e. The molecule has 3 unspecified atom stereocenters. The summed E-state index contributed by atoms with van der Waals surface area (Å²) >= 11 is 0. The van der Waals surface area contributed by atoms with Crippen LogP contribution in [-0.2, 0) is 11.2 Å². The molecule has 20 heavy (non-hydrogen) atoms. The number of carbonyl (C=O) groups is 1. The molecule has 0 radical (unpaired) electrons. The monoisotopic (exact) mass is 294 g/mol. The number of nitrogens with two attached hydrogens (primary N) is 1. The lowest BCUT2D eigenvalue weighted by Gasteiger charge is -2.21. The van der Waals surface area contributed by atoms with Crippen molar-refractivity contribution in [1.82, 2.24) is 5.32 Å². The Bertz CT molecular complexity index is 460. The van der Waals surface area contributed by atoms with E-state index in [9.17, 15) is 4.79 Å². The molecule has 2 bridgehead atoms. The SMILES string of the molecule is Cl.Nc1ccc(CC(=O)NCC2CC3CCC2C3)cc1. The third-order valence-corrected chi connectivity index (χ3v) is 4.79. The van der Waals surface area contributed by atoms with Crippen LogP contribution in [0.15, 0.2) is 24.3 Å². The van der Waals surface area contributed by atoms with Crippen LogP contribution >= 0.6 is 12.4 Å². The number of anilines is 1. The highest BCUT2D eigenvalue weighted by atomic mass is 35.5. The summed E-state index contributed by atoms with van der Waals surface area (Å²) in [6, 6.07) is 7.54. The Morgan fingerprint density at radius 2 is 1.95 bits per heavy atom. The first-order valence-corrected chi connectivity index (χ1v) is 7.32. The second kappa shape index (κ2) is 6.49. The molecule has 0 spiro atoms. The van der Waals surface area contributed by atoms with E-state index in [1.807, 2.05) is 24.3 Å². The van der Waals surface area contributed by atoms with Gasteiger partial charge < -0.3 is 11.1 Å². The number of hydrogen-bond donors (Lipinski definition) is 2. The van der Waals surface area contributed by atoms with Gasteiger partial charge in [0.15, 0.2) is 0 Å². The maximum absolute atomic E-state index is 11.9. The fourth-order valence-corrected chi connectivity index (χ4v) is 3.75. The van der Waals surface area contributed by atoms with E-state index >= 15 is 0 Å². The van der Waals surface area contributed by atoms with Crippen LogP contribution in [0.5, 0.6) is 0 Å². The van der Waals surface area contributed by atoms with Gasteiger partial charge in [0.2, 0.25) is 5.91 Å². The molecular weight excluding hydrogens is 272 g/mol. The van der Waals surface area contributed by atoms with Crippen molar-refractivity contribution >= 4 is 24.0 Å². The highest BCUT2D eigenvalue weighted by molar-refractivity contribution is 5.85. The van der Waals surface area contributed by atoms with Crippen LogP contribution in [0.3, 0.4) is 0 Å². The van der Waals surface area contributed by atoms with Crippen molar-refractivity contribution in [2.75, 3.05) is 12.3 Å². The van der Waals surface area contributed by atoms with Crippen molar-refractivity contribution in [3.05, 3.63) is 29.8 Å². The number of carbonyl (C=O) groups excluding carboxylic acids is 1. The van der Waals surface area contributed by atoms with Crippen molar-refractivity contribution in [3.8, 4) is 0 Å². The molecule has 0 heterocycles. The summed E-state index contributed by atoms with van der Waals surface area (Å²) in [7, 11) is 0. The molecular formula is C16H23ClN2O. The minimum Gasteiger partial charge on any atom is -0.399 e. The Labute approximate surface area is 126 Å². The largest absolute Gasteiger partial charge is 0.399 e. The molecule has 2 saturated carbocycles. The molecule has 2 aliphatic carbocycles. The lowest BCUT2D eigenvalue weighted by molar-refractivity contribution is -0.120. The van der Waals surface area contributed by atoms with Gasteiger partial charge in [-0.25, -0.2) is 0 Å². The number of nitrogen functional groups attached to an aromatic ring is 1. The average molecular weight is 295 g/mol. The minimum atomic E-state index is 0. The number of nitrogens with one attached hydrogen (secondary N) is 1. The Morgan fingerprint density at radius 1 is 1.20 bits per heavy atom. The first kappa shape index (κ1) is 15.2. The fraction of sp³-hybridized carbons (Fsp3) is 0.562. The zero-order chi connectivity index (χ0) is 13.2. The van der Waals surface area contributed by atoms with Gasteiger partial charge >= 0.3 is 0 Å². The first-order chi connectivity index (χ1) is 9.20. The van der Waals surface area contributed by atoms with Gasteiger partial charge in [-0.3, -0.25) is 4.79 Å². The quantitative estimate of drug-likeness (QED) is 0.839. The zero-order valence-electron chi connectivity index (χ0n) is 11.7. The number of amides is 1. The van der Waals surface area contributed by atoms with Gasteiger partial charge in [0, 0.05) is 12.2 Å². The predicted molar refractivity (Wildman–Crippen MR) is 83.8 cm³/mol. The van der Waals surface area contributed by atoms with Gasteiger partial charge in [-0.15, -0.1) is 12.4 Å². The van der Waals surface area contributed by atoms with Crippen LogP contribution in [-0.4, -0.2) is 12.5 Å². The normalized spacial score (nSPS) is 27.1. The number of halogens is 1. The van der Waals surface area contributed by atoms with Gasteiger partial charge in [0.25, 0.3) is 0 Å². The standard InChI is InChI=1S/C16H22N2O.ClH/c17-15-5-2-11(3-6-15)9-16(19)18-10-14-8-12-1-4-13(14)7-12;/h2-3,5-6,12-14H,1,4,7-10,17H2,(H,18,19);1H. The Balaban J connectivity index is 0.00000147. The van der Waals surface area contributed by atoms with E-state index < -0.39 is 0 Å². The molecule has 110 valence electrons. The lowest BCUT2D eigenvalue weighted by atomic mass is 9.89.